The van der Waals surface area contributed by atoms with Gasteiger partial charge < -0.3 is 4.74 Å². The fourth-order valence-electron chi connectivity index (χ4n) is 3.18. The maximum atomic E-state index is 13.4. The molecule has 0 atom stereocenters. The number of ether oxygens (including phenoxy) is 1. The summed E-state index contributed by atoms with van der Waals surface area (Å²) in [5.74, 6) is 0.833. The van der Waals surface area contributed by atoms with Crippen LogP contribution < -0.4 is 9.04 Å². The largest absolute Gasteiger partial charge is 0.489 e. The van der Waals surface area contributed by atoms with E-state index in [1.165, 1.54) is 4.31 Å². The van der Waals surface area contributed by atoms with Crippen molar-refractivity contribution in [2.45, 2.75) is 38.7 Å². The van der Waals surface area contributed by atoms with Gasteiger partial charge in [-0.15, -0.1) is 0 Å². The van der Waals surface area contributed by atoms with Crippen LogP contribution in [0, 0.1) is 5.92 Å². The first-order valence-corrected chi connectivity index (χ1v) is 11.7. The monoisotopic (exact) mass is 423 g/mol. The van der Waals surface area contributed by atoms with Crippen molar-refractivity contribution >= 4 is 15.7 Å². The van der Waals surface area contributed by atoms with E-state index in [0.717, 1.165) is 17.5 Å². The number of nitrogens with zero attached hydrogens (tertiary/aromatic N) is 1. The molecule has 0 amide bonds. The van der Waals surface area contributed by atoms with Gasteiger partial charge in [0.15, 0.2) is 0 Å². The van der Waals surface area contributed by atoms with Crippen molar-refractivity contribution in [3.05, 3.63) is 90.0 Å². The Morgan fingerprint density at radius 2 is 1.53 bits per heavy atom. The van der Waals surface area contributed by atoms with Crippen molar-refractivity contribution in [3.8, 4) is 5.75 Å². The van der Waals surface area contributed by atoms with Crippen LogP contribution >= 0.6 is 0 Å². The number of hydrogen-bond donors (Lipinski definition) is 0. The minimum Gasteiger partial charge on any atom is -0.489 e. The molecular formula is C25H29NO3S. The van der Waals surface area contributed by atoms with Gasteiger partial charge in [0.25, 0.3) is 10.0 Å². The molecule has 0 bridgehead atoms. The Kier molecular flexibility index (Phi) is 7.16. The van der Waals surface area contributed by atoms with E-state index in [1.54, 1.807) is 24.3 Å². The van der Waals surface area contributed by atoms with Gasteiger partial charge in [0.1, 0.15) is 12.4 Å². The molecule has 0 aliphatic rings. The fourth-order valence-corrected chi connectivity index (χ4v) is 4.80. The predicted molar refractivity (Wildman–Crippen MR) is 122 cm³/mol. The molecule has 0 saturated heterocycles. The quantitative estimate of drug-likeness (QED) is 0.445. The highest BCUT2D eigenvalue weighted by molar-refractivity contribution is 7.92. The van der Waals surface area contributed by atoms with Crippen LogP contribution in [0.1, 0.15) is 31.9 Å². The SMILES string of the molecule is CCc1cccc(N(CC(C)C)S(=O)(=O)c2ccc(OCc3ccccc3)cc2)c1. The van der Waals surface area contributed by atoms with Crippen LogP contribution in [0.3, 0.4) is 0 Å². The zero-order valence-electron chi connectivity index (χ0n) is 17.8. The first-order valence-electron chi connectivity index (χ1n) is 10.3. The molecule has 30 heavy (non-hydrogen) atoms. The number of rotatable bonds is 9. The lowest BCUT2D eigenvalue weighted by Crippen LogP contribution is -2.34. The summed E-state index contributed by atoms with van der Waals surface area (Å²) in [5.41, 5.74) is 2.88. The first kappa shape index (κ1) is 21.9. The van der Waals surface area contributed by atoms with E-state index in [9.17, 15) is 8.42 Å². The molecule has 0 unspecified atom stereocenters. The van der Waals surface area contributed by atoms with Gasteiger partial charge in [-0.2, -0.15) is 0 Å². The average Bonchev–Trinajstić information content (AvgIpc) is 2.77. The van der Waals surface area contributed by atoms with E-state index in [-0.39, 0.29) is 10.8 Å². The number of benzene rings is 3. The van der Waals surface area contributed by atoms with Crippen molar-refractivity contribution in [2.75, 3.05) is 10.8 Å². The van der Waals surface area contributed by atoms with Crippen molar-refractivity contribution < 1.29 is 13.2 Å². The Hall–Kier alpha value is -2.79. The van der Waals surface area contributed by atoms with Gasteiger partial charge in [0.2, 0.25) is 0 Å². The molecular weight excluding hydrogens is 394 g/mol. The summed E-state index contributed by atoms with van der Waals surface area (Å²) in [5, 5.41) is 0. The Morgan fingerprint density at radius 3 is 2.17 bits per heavy atom. The van der Waals surface area contributed by atoms with Crippen molar-refractivity contribution in [1.29, 1.82) is 0 Å². The maximum Gasteiger partial charge on any atom is 0.264 e. The summed E-state index contributed by atoms with van der Waals surface area (Å²) in [6.07, 6.45) is 0.858. The lowest BCUT2D eigenvalue weighted by Gasteiger charge is -2.26. The molecule has 3 rings (SSSR count). The van der Waals surface area contributed by atoms with Crippen LogP contribution in [0.15, 0.2) is 83.8 Å². The number of aryl methyl sites for hydroxylation is 1. The van der Waals surface area contributed by atoms with Crippen LogP contribution in [0.2, 0.25) is 0 Å². The van der Waals surface area contributed by atoms with Gasteiger partial charge >= 0.3 is 0 Å². The summed E-state index contributed by atoms with van der Waals surface area (Å²) in [6.45, 7) is 6.96. The minimum atomic E-state index is -3.68. The average molecular weight is 424 g/mol. The summed E-state index contributed by atoms with van der Waals surface area (Å²) >= 11 is 0. The fraction of sp³-hybridized carbons (Fsp3) is 0.280. The molecule has 0 aromatic heterocycles. The topological polar surface area (TPSA) is 46.6 Å². The molecule has 158 valence electrons. The third-order valence-corrected chi connectivity index (χ3v) is 6.61. The normalized spacial score (nSPS) is 11.5. The molecule has 0 spiro atoms. The molecule has 0 aliphatic heterocycles. The summed E-state index contributed by atoms with van der Waals surface area (Å²) < 4.78 is 34.2. The van der Waals surface area contributed by atoms with Crippen LogP contribution in [0.4, 0.5) is 5.69 Å². The van der Waals surface area contributed by atoms with Crippen LogP contribution in [-0.2, 0) is 23.1 Å². The lowest BCUT2D eigenvalue weighted by atomic mass is 10.1. The lowest BCUT2D eigenvalue weighted by molar-refractivity contribution is 0.306. The summed E-state index contributed by atoms with van der Waals surface area (Å²) in [4.78, 5) is 0.261. The van der Waals surface area contributed by atoms with E-state index >= 15 is 0 Å². The van der Waals surface area contributed by atoms with Gasteiger partial charge in [0, 0.05) is 6.54 Å². The van der Waals surface area contributed by atoms with Gasteiger partial charge in [0.05, 0.1) is 10.6 Å². The molecule has 5 heteroatoms. The summed E-state index contributed by atoms with van der Waals surface area (Å²) in [7, 11) is -3.68. The molecule has 0 heterocycles. The van der Waals surface area contributed by atoms with Gasteiger partial charge in [-0.25, -0.2) is 8.42 Å². The van der Waals surface area contributed by atoms with Gasteiger partial charge in [-0.3, -0.25) is 4.31 Å². The highest BCUT2D eigenvalue weighted by Gasteiger charge is 2.26. The first-order chi connectivity index (χ1) is 14.4. The molecule has 0 radical (unpaired) electrons. The zero-order valence-corrected chi connectivity index (χ0v) is 18.6. The van der Waals surface area contributed by atoms with Crippen molar-refractivity contribution in [3.63, 3.8) is 0 Å². The van der Waals surface area contributed by atoms with Crippen LogP contribution in [0.25, 0.3) is 0 Å². The molecule has 0 N–H and O–H groups in total. The Morgan fingerprint density at radius 1 is 0.867 bits per heavy atom. The standard InChI is InChI=1S/C25H29NO3S/c1-4-21-11-8-12-23(17-21)26(18-20(2)3)30(27,28)25-15-13-24(14-16-25)29-19-22-9-6-5-7-10-22/h5-17,20H,4,18-19H2,1-3H3. The molecule has 0 saturated carbocycles. The van der Waals surface area contributed by atoms with E-state index in [1.807, 2.05) is 68.4 Å². The maximum absolute atomic E-state index is 13.4. The molecule has 0 fully saturated rings. The van der Waals surface area contributed by atoms with Crippen molar-refractivity contribution in [2.24, 2.45) is 5.92 Å². The Bertz CT molecular complexity index is 1050. The van der Waals surface area contributed by atoms with Gasteiger partial charge in [-0.05, 0) is 59.9 Å². The molecule has 3 aromatic rings. The van der Waals surface area contributed by atoms with Crippen LogP contribution in [0.5, 0.6) is 5.75 Å². The van der Waals surface area contributed by atoms with Crippen LogP contribution in [-0.4, -0.2) is 15.0 Å². The zero-order chi connectivity index (χ0) is 21.6. The highest BCUT2D eigenvalue weighted by atomic mass is 32.2. The van der Waals surface area contributed by atoms with E-state index in [4.69, 9.17) is 4.74 Å². The van der Waals surface area contributed by atoms with Crippen molar-refractivity contribution in [1.82, 2.24) is 0 Å². The molecule has 3 aromatic carbocycles. The number of sulfonamides is 1. The van der Waals surface area contributed by atoms with E-state index in [0.29, 0.717) is 24.6 Å². The predicted octanol–water partition coefficient (Wildman–Crippen LogP) is 5.68. The number of hydrogen-bond acceptors (Lipinski definition) is 3. The summed E-state index contributed by atoms with van der Waals surface area (Å²) in [6, 6.07) is 24.3. The second kappa shape index (κ2) is 9.81. The third kappa shape index (κ3) is 5.42. The van der Waals surface area contributed by atoms with Gasteiger partial charge in [-0.1, -0.05) is 63.2 Å². The van der Waals surface area contributed by atoms with E-state index < -0.39 is 10.0 Å². The Labute approximate surface area is 180 Å². The third-order valence-electron chi connectivity index (χ3n) is 4.80. The highest BCUT2D eigenvalue weighted by Crippen LogP contribution is 2.27. The second-order valence-corrected chi connectivity index (χ2v) is 9.56. The Balaban J connectivity index is 1.83. The molecule has 4 nitrogen and oxygen atoms in total. The smallest absolute Gasteiger partial charge is 0.264 e. The second-order valence-electron chi connectivity index (χ2n) is 7.70. The minimum absolute atomic E-state index is 0.193. The van der Waals surface area contributed by atoms with E-state index in [2.05, 4.69) is 6.92 Å². The number of anilines is 1. The molecule has 0 aliphatic carbocycles.